The Balaban J connectivity index is 1.94. The molecule has 1 aromatic rings. The van der Waals surface area contributed by atoms with E-state index in [0.717, 1.165) is 31.5 Å². The van der Waals surface area contributed by atoms with E-state index in [9.17, 15) is 4.79 Å². The van der Waals surface area contributed by atoms with Crippen LogP contribution < -0.4 is 5.32 Å². The predicted octanol–water partition coefficient (Wildman–Crippen LogP) is 1.75. The smallest absolute Gasteiger partial charge is 0.227 e. The van der Waals surface area contributed by atoms with E-state index < -0.39 is 0 Å². The molecule has 1 atom stereocenters. The zero-order valence-corrected chi connectivity index (χ0v) is 11.3. The molecule has 3 nitrogen and oxygen atoms in total. The number of hydrogen-bond donors (Lipinski definition) is 1. The minimum atomic E-state index is 0.217. The molecule has 1 N–H and O–H groups in total. The normalized spacial score (nSPS) is 19.6. The topological polar surface area (TPSA) is 32.3 Å². The Labute approximate surface area is 109 Å². The van der Waals surface area contributed by atoms with Gasteiger partial charge in [-0.25, -0.2) is 0 Å². The van der Waals surface area contributed by atoms with Crippen molar-refractivity contribution in [2.75, 3.05) is 20.1 Å². The van der Waals surface area contributed by atoms with Gasteiger partial charge in [-0.2, -0.15) is 0 Å². The van der Waals surface area contributed by atoms with Crippen LogP contribution in [-0.2, 0) is 11.2 Å². The van der Waals surface area contributed by atoms with E-state index in [-0.39, 0.29) is 5.91 Å². The highest BCUT2D eigenvalue weighted by Crippen LogP contribution is 2.11. The number of aryl methyl sites for hydroxylation is 1. The molecule has 3 heteroatoms. The van der Waals surface area contributed by atoms with Gasteiger partial charge < -0.3 is 10.2 Å². The average Bonchev–Trinajstić information content (AvgIpc) is 2.39. The number of likely N-dealkylation sites (N-methyl/N-ethyl adjacent to an activating group) is 1. The van der Waals surface area contributed by atoms with E-state index >= 15 is 0 Å². The van der Waals surface area contributed by atoms with Gasteiger partial charge in [0.25, 0.3) is 0 Å². The first kappa shape index (κ1) is 13.1. The van der Waals surface area contributed by atoms with E-state index in [1.165, 1.54) is 5.56 Å². The average molecular weight is 246 g/mol. The van der Waals surface area contributed by atoms with E-state index in [0.29, 0.717) is 12.5 Å². The summed E-state index contributed by atoms with van der Waals surface area (Å²) in [6.45, 7) is 4.06. The van der Waals surface area contributed by atoms with Crippen LogP contribution in [0, 0.1) is 6.92 Å². The van der Waals surface area contributed by atoms with Crippen molar-refractivity contribution in [3.63, 3.8) is 0 Å². The van der Waals surface area contributed by atoms with Crippen LogP contribution in [0.3, 0.4) is 0 Å². The van der Waals surface area contributed by atoms with E-state index in [1.54, 1.807) is 0 Å². The Morgan fingerprint density at radius 2 is 2.33 bits per heavy atom. The zero-order valence-electron chi connectivity index (χ0n) is 11.3. The molecule has 0 radical (unpaired) electrons. The van der Waals surface area contributed by atoms with Crippen LogP contribution in [0.2, 0.25) is 0 Å². The highest BCUT2D eigenvalue weighted by molar-refractivity contribution is 5.78. The third-order valence-electron chi connectivity index (χ3n) is 3.65. The van der Waals surface area contributed by atoms with Gasteiger partial charge in [0, 0.05) is 19.6 Å². The van der Waals surface area contributed by atoms with Crippen molar-refractivity contribution in [2.45, 2.75) is 32.2 Å². The molecular weight excluding hydrogens is 224 g/mol. The summed E-state index contributed by atoms with van der Waals surface area (Å²) in [7, 11) is 1.93. The fourth-order valence-electron chi connectivity index (χ4n) is 2.49. The molecule has 0 aliphatic carbocycles. The van der Waals surface area contributed by atoms with Crippen molar-refractivity contribution in [2.24, 2.45) is 0 Å². The van der Waals surface area contributed by atoms with E-state index in [4.69, 9.17) is 0 Å². The predicted molar refractivity (Wildman–Crippen MR) is 73.5 cm³/mol. The van der Waals surface area contributed by atoms with Crippen molar-refractivity contribution in [3.05, 3.63) is 35.4 Å². The molecule has 1 heterocycles. The summed E-state index contributed by atoms with van der Waals surface area (Å²) in [5.74, 6) is 0.217. The van der Waals surface area contributed by atoms with Crippen LogP contribution in [0.25, 0.3) is 0 Å². The number of nitrogens with zero attached hydrogens (tertiary/aromatic N) is 1. The molecule has 1 fully saturated rings. The quantitative estimate of drug-likeness (QED) is 0.881. The van der Waals surface area contributed by atoms with Crippen molar-refractivity contribution >= 4 is 5.91 Å². The summed E-state index contributed by atoms with van der Waals surface area (Å²) in [6.07, 6.45) is 2.78. The van der Waals surface area contributed by atoms with Gasteiger partial charge in [0.05, 0.1) is 6.42 Å². The van der Waals surface area contributed by atoms with Gasteiger partial charge in [-0.15, -0.1) is 0 Å². The van der Waals surface area contributed by atoms with E-state index in [1.807, 2.05) is 24.1 Å². The van der Waals surface area contributed by atoms with Crippen LogP contribution in [0.1, 0.15) is 24.0 Å². The Morgan fingerprint density at radius 3 is 3.00 bits per heavy atom. The maximum atomic E-state index is 12.2. The molecule has 1 aliphatic rings. The highest BCUT2D eigenvalue weighted by Gasteiger charge is 2.21. The number of carbonyl (C=O) groups is 1. The molecule has 98 valence electrons. The van der Waals surface area contributed by atoms with Crippen LogP contribution >= 0.6 is 0 Å². The summed E-state index contributed by atoms with van der Waals surface area (Å²) in [5, 5.41) is 3.35. The molecule has 0 aromatic heterocycles. The van der Waals surface area contributed by atoms with Gasteiger partial charge in [-0.05, 0) is 31.9 Å². The molecule has 0 bridgehead atoms. The van der Waals surface area contributed by atoms with Gasteiger partial charge in [-0.3, -0.25) is 4.79 Å². The van der Waals surface area contributed by atoms with Crippen LogP contribution in [0.4, 0.5) is 0 Å². The standard InChI is InChI=1S/C15H22N2O/c1-12-5-3-6-13(9-12)10-15(18)17(2)14-7-4-8-16-11-14/h3,5-6,9,14,16H,4,7-8,10-11H2,1-2H3. The molecule has 1 aromatic carbocycles. The lowest BCUT2D eigenvalue weighted by molar-refractivity contribution is -0.131. The van der Waals surface area contributed by atoms with Crippen molar-refractivity contribution in [1.82, 2.24) is 10.2 Å². The third-order valence-corrected chi connectivity index (χ3v) is 3.65. The minimum Gasteiger partial charge on any atom is -0.341 e. The lowest BCUT2D eigenvalue weighted by atomic mass is 10.0. The van der Waals surface area contributed by atoms with Gasteiger partial charge in [0.2, 0.25) is 5.91 Å². The first-order chi connectivity index (χ1) is 8.66. The van der Waals surface area contributed by atoms with Gasteiger partial charge in [0.1, 0.15) is 0 Å². The number of amides is 1. The summed E-state index contributed by atoms with van der Waals surface area (Å²) in [6, 6.07) is 8.54. The zero-order chi connectivity index (χ0) is 13.0. The van der Waals surface area contributed by atoms with Crippen LogP contribution in [0.15, 0.2) is 24.3 Å². The molecule has 1 unspecified atom stereocenters. The lowest BCUT2D eigenvalue weighted by Crippen LogP contribution is -2.47. The second-order valence-corrected chi connectivity index (χ2v) is 5.17. The number of hydrogen-bond acceptors (Lipinski definition) is 2. The van der Waals surface area contributed by atoms with Crippen molar-refractivity contribution in [1.29, 1.82) is 0 Å². The number of benzene rings is 1. The summed E-state index contributed by atoms with van der Waals surface area (Å²) in [5.41, 5.74) is 2.32. The molecule has 1 amide bonds. The summed E-state index contributed by atoms with van der Waals surface area (Å²) in [4.78, 5) is 14.1. The minimum absolute atomic E-state index is 0.217. The first-order valence-corrected chi connectivity index (χ1v) is 6.69. The van der Waals surface area contributed by atoms with Crippen molar-refractivity contribution in [3.8, 4) is 0 Å². The van der Waals surface area contributed by atoms with Crippen LogP contribution in [-0.4, -0.2) is 37.0 Å². The number of nitrogens with one attached hydrogen (secondary N) is 1. The Hall–Kier alpha value is -1.35. The Kier molecular flexibility index (Phi) is 4.37. The lowest BCUT2D eigenvalue weighted by Gasteiger charge is -2.31. The third kappa shape index (κ3) is 3.33. The fraction of sp³-hybridized carbons (Fsp3) is 0.533. The molecule has 0 spiro atoms. The Morgan fingerprint density at radius 1 is 1.50 bits per heavy atom. The second-order valence-electron chi connectivity index (χ2n) is 5.17. The molecule has 1 saturated heterocycles. The fourth-order valence-corrected chi connectivity index (χ4v) is 2.49. The second kappa shape index (κ2) is 6.01. The maximum absolute atomic E-state index is 12.2. The largest absolute Gasteiger partial charge is 0.341 e. The number of carbonyl (C=O) groups excluding carboxylic acids is 1. The van der Waals surface area contributed by atoms with Crippen molar-refractivity contribution < 1.29 is 4.79 Å². The summed E-state index contributed by atoms with van der Waals surface area (Å²) >= 11 is 0. The van der Waals surface area contributed by atoms with E-state index in [2.05, 4.69) is 24.4 Å². The number of rotatable bonds is 3. The molecule has 0 saturated carbocycles. The summed E-state index contributed by atoms with van der Waals surface area (Å²) < 4.78 is 0. The molecular formula is C15H22N2O. The SMILES string of the molecule is Cc1cccc(CC(=O)N(C)C2CCCNC2)c1. The van der Waals surface area contributed by atoms with Gasteiger partial charge in [0.15, 0.2) is 0 Å². The van der Waals surface area contributed by atoms with Crippen LogP contribution in [0.5, 0.6) is 0 Å². The highest BCUT2D eigenvalue weighted by atomic mass is 16.2. The number of piperidine rings is 1. The maximum Gasteiger partial charge on any atom is 0.227 e. The van der Waals surface area contributed by atoms with Gasteiger partial charge in [-0.1, -0.05) is 29.8 Å². The van der Waals surface area contributed by atoms with Gasteiger partial charge >= 0.3 is 0 Å². The molecule has 2 rings (SSSR count). The first-order valence-electron chi connectivity index (χ1n) is 6.69. The molecule has 18 heavy (non-hydrogen) atoms. The Bertz CT molecular complexity index is 411. The monoisotopic (exact) mass is 246 g/mol. The molecule has 1 aliphatic heterocycles.